The van der Waals surface area contributed by atoms with Gasteiger partial charge in [0.25, 0.3) is 0 Å². The highest BCUT2D eigenvalue weighted by Crippen LogP contribution is 2.30. The summed E-state index contributed by atoms with van der Waals surface area (Å²) in [6.07, 6.45) is 3.42. The van der Waals surface area contributed by atoms with Gasteiger partial charge in [-0.15, -0.1) is 0 Å². The van der Waals surface area contributed by atoms with E-state index in [0.717, 1.165) is 34.6 Å². The average Bonchev–Trinajstić information content (AvgIpc) is 2.91. The summed E-state index contributed by atoms with van der Waals surface area (Å²) in [5.41, 5.74) is 3.64. The van der Waals surface area contributed by atoms with Crippen LogP contribution in [0.5, 0.6) is 5.75 Å². The van der Waals surface area contributed by atoms with Gasteiger partial charge in [0, 0.05) is 35.6 Å². The molecule has 5 rings (SSSR count). The van der Waals surface area contributed by atoms with Crippen LogP contribution in [0.25, 0.3) is 22.3 Å². The number of aliphatic hydroxyl groups is 1. The van der Waals surface area contributed by atoms with Crippen molar-refractivity contribution >= 4 is 16.9 Å². The number of methoxy groups -OCH3 is 1. The summed E-state index contributed by atoms with van der Waals surface area (Å²) in [7, 11) is 1.58. The molecule has 1 N–H and O–H groups in total. The van der Waals surface area contributed by atoms with E-state index in [9.17, 15) is 5.11 Å². The van der Waals surface area contributed by atoms with E-state index in [1.54, 1.807) is 19.5 Å². The number of fused-ring (bicyclic) bond motifs is 1. The van der Waals surface area contributed by atoms with Crippen molar-refractivity contribution in [3.63, 3.8) is 0 Å². The second-order valence-electron chi connectivity index (χ2n) is 8.23. The van der Waals surface area contributed by atoms with Crippen LogP contribution in [-0.4, -0.2) is 58.0 Å². The molecule has 0 radical (unpaired) electrons. The van der Waals surface area contributed by atoms with Crippen LogP contribution in [-0.2, 0) is 11.3 Å². The second-order valence-corrected chi connectivity index (χ2v) is 8.23. The molecule has 35 heavy (non-hydrogen) atoms. The van der Waals surface area contributed by atoms with Crippen molar-refractivity contribution in [1.29, 1.82) is 0 Å². The van der Waals surface area contributed by atoms with E-state index in [-0.39, 0.29) is 12.6 Å². The van der Waals surface area contributed by atoms with E-state index in [0.29, 0.717) is 36.0 Å². The molecule has 0 amide bonds. The number of hydrogen-bond acceptors (Lipinski definition) is 8. The molecule has 1 aliphatic rings. The average molecular weight is 468 g/mol. The van der Waals surface area contributed by atoms with Gasteiger partial charge in [0.15, 0.2) is 5.65 Å². The fraction of sp³-hybridized carbons (Fsp3) is 0.259. The summed E-state index contributed by atoms with van der Waals surface area (Å²) in [5.74, 6) is 8.00. The Bertz CT molecular complexity index is 1420. The van der Waals surface area contributed by atoms with Gasteiger partial charge in [-0.25, -0.2) is 15.0 Å². The third kappa shape index (κ3) is 4.78. The van der Waals surface area contributed by atoms with E-state index in [1.807, 2.05) is 42.5 Å². The minimum absolute atomic E-state index is 0.125. The Balaban J connectivity index is 1.63. The number of morpholine rings is 1. The maximum Gasteiger partial charge on any atom is 0.209 e. The van der Waals surface area contributed by atoms with Crippen LogP contribution in [0.1, 0.15) is 23.9 Å². The van der Waals surface area contributed by atoms with Crippen molar-refractivity contribution in [2.75, 3.05) is 31.8 Å². The van der Waals surface area contributed by atoms with Gasteiger partial charge in [-0.3, -0.25) is 4.98 Å². The van der Waals surface area contributed by atoms with Crippen LogP contribution in [0.2, 0.25) is 0 Å². The third-order valence-corrected chi connectivity index (χ3v) is 5.91. The first kappa shape index (κ1) is 22.7. The van der Waals surface area contributed by atoms with Gasteiger partial charge in [0.1, 0.15) is 11.6 Å². The molecule has 4 aromatic rings. The topological polar surface area (TPSA) is 93.5 Å². The Hall–Kier alpha value is -4.06. The van der Waals surface area contributed by atoms with Crippen molar-refractivity contribution in [2.24, 2.45) is 0 Å². The van der Waals surface area contributed by atoms with Crippen molar-refractivity contribution in [1.82, 2.24) is 19.9 Å². The van der Waals surface area contributed by atoms with Gasteiger partial charge < -0.3 is 19.5 Å². The Morgan fingerprint density at radius 3 is 2.83 bits per heavy atom. The highest BCUT2D eigenvalue weighted by molar-refractivity contribution is 5.89. The zero-order chi connectivity index (χ0) is 24.2. The molecule has 1 aliphatic heterocycles. The highest BCUT2D eigenvalue weighted by Gasteiger charge is 2.23. The first-order valence-corrected chi connectivity index (χ1v) is 11.4. The van der Waals surface area contributed by atoms with Crippen molar-refractivity contribution in [3.05, 3.63) is 71.8 Å². The van der Waals surface area contributed by atoms with Crippen molar-refractivity contribution in [2.45, 2.75) is 19.6 Å². The molecule has 3 aromatic heterocycles. The normalized spacial score (nSPS) is 15.5. The Labute approximate surface area is 203 Å². The molecule has 1 atom stereocenters. The lowest BCUT2D eigenvalue weighted by atomic mass is 10.1. The summed E-state index contributed by atoms with van der Waals surface area (Å²) in [5, 5.41) is 10.6. The molecule has 8 heteroatoms. The second kappa shape index (κ2) is 10.1. The number of aromatic nitrogens is 4. The number of hydrogen-bond donors (Lipinski definition) is 1. The number of nitrogens with zero attached hydrogens (tertiary/aromatic N) is 5. The lowest BCUT2D eigenvalue weighted by molar-refractivity contribution is 0.0987. The van der Waals surface area contributed by atoms with E-state index in [1.165, 1.54) is 0 Å². The highest BCUT2D eigenvalue weighted by atomic mass is 16.5. The van der Waals surface area contributed by atoms with E-state index >= 15 is 0 Å². The lowest BCUT2D eigenvalue weighted by Gasteiger charge is -2.34. The first-order valence-electron chi connectivity index (χ1n) is 11.4. The molecule has 4 heterocycles. The lowest BCUT2D eigenvalue weighted by Crippen LogP contribution is -2.44. The Morgan fingerprint density at radius 2 is 2.06 bits per heavy atom. The summed E-state index contributed by atoms with van der Waals surface area (Å²) in [6.45, 7) is 3.98. The Kier molecular flexibility index (Phi) is 6.53. The zero-order valence-corrected chi connectivity index (χ0v) is 19.6. The number of anilines is 1. The summed E-state index contributed by atoms with van der Waals surface area (Å²) in [6, 6.07) is 13.5. The van der Waals surface area contributed by atoms with Gasteiger partial charge in [-0.1, -0.05) is 5.92 Å². The van der Waals surface area contributed by atoms with Gasteiger partial charge >= 0.3 is 0 Å². The van der Waals surface area contributed by atoms with Crippen molar-refractivity contribution in [3.8, 4) is 28.8 Å². The summed E-state index contributed by atoms with van der Waals surface area (Å²) in [4.78, 5) is 20.7. The molecule has 0 saturated carbocycles. The molecule has 176 valence electrons. The van der Waals surface area contributed by atoms with Crippen LogP contribution in [0.4, 0.5) is 5.82 Å². The maximum atomic E-state index is 9.73. The van der Waals surface area contributed by atoms with E-state index < -0.39 is 0 Å². The first-order chi connectivity index (χ1) is 17.2. The monoisotopic (exact) mass is 467 g/mol. The Morgan fingerprint density at radius 1 is 1.14 bits per heavy atom. The molecule has 8 nitrogen and oxygen atoms in total. The molecular weight excluding hydrogens is 442 g/mol. The summed E-state index contributed by atoms with van der Waals surface area (Å²) < 4.78 is 11.0. The quantitative estimate of drug-likeness (QED) is 0.458. The third-order valence-electron chi connectivity index (χ3n) is 5.91. The van der Waals surface area contributed by atoms with Gasteiger partial charge in [-0.2, -0.15) is 0 Å². The smallest absolute Gasteiger partial charge is 0.209 e. The minimum Gasteiger partial charge on any atom is -0.496 e. The molecule has 1 fully saturated rings. The maximum absolute atomic E-state index is 9.73. The predicted molar refractivity (Wildman–Crippen MR) is 133 cm³/mol. The number of benzene rings is 1. The molecule has 1 aromatic carbocycles. The molecule has 1 saturated heterocycles. The van der Waals surface area contributed by atoms with E-state index in [2.05, 4.69) is 33.6 Å². The predicted octanol–water partition coefficient (Wildman–Crippen LogP) is 3.21. The van der Waals surface area contributed by atoms with Gasteiger partial charge in [0.05, 0.1) is 44.1 Å². The summed E-state index contributed by atoms with van der Waals surface area (Å²) >= 11 is 0. The molecule has 0 aliphatic carbocycles. The molecule has 0 unspecified atom stereocenters. The molecule has 0 spiro atoms. The van der Waals surface area contributed by atoms with Crippen LogP contribution in [0, 0.1) is 11.8 Å². The van der Waals surface area contributed by atoms with Crippen molar-refractivity contribution < 1.29 is 14.6 Å². The molecular formula is C27H25N5O3. The number of ether oxygens (including phenoxy) is 2. The van der Waals surface area contributed by atoms with Crippen LogP contribution >= 0.6 is 0 Å². The van der Waals surface area contributed by atoms with Crippen LogP contribution < -0.4 is 9.64 Å². The van der Waals surface area contributed by atoms with E-state index in [4.69, 9.17) is 19.4 Å². The van der Waals surface area contributed by atoms with Gasteiger partial charge in [0.2, 0.25) is 5.82 Å². The minimum atomic E-state index is -0.125. The number of rotatable bonds is 4. The fourth-order valence-electron chi connectivity index (χ4n) is 4.10. The number of pyridine rings is 2. The van der Waals surface area contributed by atoms with Crippen LogP contribution in [0.15, 0.2) is 54.9 Å². The fourth-order valence-corrected chi connectivity index (χ4v) is 4.10. The van der Waals surface area contributed by atoms with Crippen LogP contribution in [0.3, 0.4) is 0 Å². The van der Waals surface area contributed by atoms with Gasteiger partial charge in [-0.05, 0) is 55.3 Å². The molecule has 0 bridgehead atoms. The standard InChI is InChI=1S/C27H25N5O3/c1-18-17-35-13-12-32(18)27-22-7-8-23(20-6-9-24(34-2)21(14-20)16-33)29-26(22)30-25(31-27)10-5-19-4-3-11-28-15-19/h3-4,6-9,11,14-15,18,33H,12-13,16-17H2,1-2H3/t18-/m0/s1. The number of aliphatic hydroxyl groups excluding tert-OH is 1. The SMILES string of the molecule is COc1ccc(-c2ccc3c(N4CCOC[C@@H]4C)nc(C#Cc4cccnc4)nc3n2)cc1CO. The zero-order valence-electron chi connectivity index (χ0n) is 19.6. The largest absolute Gasteiger partial charge is 0.496 e.